The van der Waals surface area contributed by atoms with E-state index in [-0.39, 0.29) is 12.1 Å². The van der Waals surface area contributed by atoms with Crippen molar-refractivity contribution in [2.45, 2.75) is 12.6 Å². The second kappa shape index (κ2) is 6.99. The smallest absolute Gasteiger partial charge is 0.317 e. The second-order valence-electron chi connectivity index (χ2n) is 5.27. The van der Waals surface area contributed by atoms with Crippen LogP contribution in [0.5, 0.6) is 11.5 Å². The monoisotopic (exact) mass is 317 g/mol. The highest BCUT2D eigenvalue weighted by Gasteiger charge is 2.23. The maximum Gasteiger partial charge on any atom is 0.317 e. The van der Waals surface area contributed by atoms with E-state index in [2.05, 4.69) is 15.4 Å². The lowest BCUT2D eigenvalue weighted by Gasteiger charge is -2.29. The number of aromatic nitrogens is 3. The Bertz CT molecular complexity index is 646. The van der Waals surface area contributed by atoms with E-state index in [4.69, 9.17) is 9.47 Å². The molecule has 23 heavy (non-hydrogen) atoms. The van der Waals surface area contributed by atoms with Gasteiger partial charge in [-0.25, -0.2) is 9.78 Å². The molecule has 1 aliphatic rings. The third kappa shape index (κ3) is 3.91. The third-order valence-electron chi connectivity index (χ3n) is 3.48. The number of amides is 2. The van der Waals surface area contributed by atoms with E-state index in [1.807, 2.05) is 24.3 Å². The number of nitrogens with zero attached hydrogens (tertiary/aromatic N) is 4. The van der Waals surface area contributed by atoms with Gasteiger partial charge in [0.1, 0.15) is 19.3 Å². The first-order valence-corrected chi connectivity index (χ1v) is 7.42. The maximum absolute atomic E-state index is 12.1. The summed E-state index contributed by atoms with van der Waals surface area (Å²) in [7, 11) is 1.73. The SMILES string of the molecule is CN(C[C@@H]1COc2ccccc2O1)C(=O)NCCn1cncn1. The number of likely N-dealkylation sites (N-methyl/N-ethyl adjacent to an activating group) is 1. The van der Waals surface area contributed by atoms with Crippen molar-refractivity contribution in [1.82, 2.24) is 25.0 Å². The molecule has 1 atom stereocenters. The van der Waals surface area contributed by atoms with E-state index in [0.29, 0.717) is 32.0 Å². The van der Waals surface area contributed by atoms with Gasteiger partial charge in [-0.1, -0.05) is 12.1 Å². The quantitative estimate of drug-likeness (QED) is 0.880. The Morgan fingerprint density at radius 1 is 1.43 bits per heavy atom. The molecule has 2 heterocycles. The van der Waals surface area contributed by atoms with Crippen molar-refractivity contribution >= 4 is 6.03 Å². The number of nitrogens with one attached hydrogen (secondary N) is 1. The minimum absolute atomic E-state index is 0.160. The molecule has 3 rings (SSSR count). The minimum atomic E-state index is -0.184. The van der Waals surface area contributed by atoms with Crippen LogP contribution in [0.25, 0.3) is 0 Å². The van der Waals surface area contributed by atoms with E-state index < -0.39 is 0 Å². The number of hydrogen-bond donors (Lipinski definition) is 1. The molecule has 0 saturated heterocycles. The number of carbonyl (C=O) groups is 1. The summed E-state index contributed by atoms with van der Waals surface area (Å²) in [5.74, 6) is 1.45. The Labute approximate surface area is 134 Å². The van der Waals surface area contributed by atoms with Crippen LogP contribution in [0.3, 0.4) is 0 Å². The lowest BCUT2D eigenvalue weighted by molar-refractivity contribution is 0.0715. The van der Waals surface area contributed by atoms with E-state index in [9.17, 15) is 4.79 Å². The van der Waals surface area contributed by atoms with Crippen molar-refractivity contribution in [2.24, 2.45) is 0 Å². The van der Waals surface area contributed by atoms with Gasteiger partial charge in [0.25, 0.3) is 0 Å². The highest BCUT2D eigenvalue weighted by molar-refractivity contribution is 5.73. The highest BCUT2D eigenvalue weighted by Crippen LogP contribution is 2.30. The number of para-hydroxylation sites is 2. The van der Waals surface area contributed by atoms with Crippen molar-refractivity contribution in [3.8, 4) is 11.5 Å². The van der Waals surface area contributed by atoms with E-state index >= 15 is 0 Å². The Balaban J connectivity index is 1.43. The van der Waals surface area contributed by atoms with Crippen LogP contribution in [0.2, 0.25) is 0 Å². The largest absolute Gasteiger partial charge is 0.486 e. The lowest BCUT2D eigenvalue weighted by atomic mass is 10.2. The average Bonchev–Trinajstić information content (AvgIpc) is 3.08. The summed E-state index contributed by atoms with van der Waals surface area (Å²) < 4.78 is 13.2. The minimum Gasteiger partial charge on any atom is -0.486 e. The van der Waals surface area contributed by atoms with Crippen LogP contribution in [0.15, 0.2) is 36.9 Å². The standard InChI is InChI=1S/C15H19N5O3/c1-19(15(21)17-6-7-20-11-16-10-18-20)8-12-9-22-13-4-2-3-5-14(13)23-12/h2-5,10-12H,6-9H2,1H3,(H,17,21)/t12-/m1/s1. The first-order chi connectivity index (χ1) is 11.2. The summed E-state index contributed by atoms with van der Waals surface area (Å²) in [6, 6.07) is 7.36. The fraction of sp³-hybridized carbons (Fsp3) is 0.400. The van der Waals surface area contributed by atoms with Gasteiger partial charge in [-0.2, -0.15) is 5.10 Å². The molecule has 0 unspecified atom stereocenters. The predicted molar refractivity (Wildman–Crippen MR) is 82.4 cm³/mol. The molecule has 2 aromatic rings. The maximum atomic E-state index is 12.1. The molecule has 122 valence electrons. The second-order valence-corrected chi connectivity index (χ2v) is 5.27. The van der Waals surface area contributed by atoms with Crippen LogP contribution in [0, 0.1) is 0 Å². The Morgan fingerprint density at radius 2 is 2.26 bits per heavy atom. The summed E-state index contributed by atoms with van der Waals surface area (Å²) in [5, 5.41) is 6.81. The van der Waals surface area contributed by atoms with Gasteiger partial charge in [-0.05, 0) is 12.1 Å². The number of hydrogen-bond acceptors (Lipinski definition) is 5. The molecule has 0 bridgehead atoms. The summed E-state index contributed by atoms with van der Waals surface area (Å²) >= 11 is 0. The lowest BCUT2D eigenvalue weighted by Crippen LogP contribution is -2.46. The van der Waals surface area contributed by atoms with Crippen molar-refractivity contribution in [3.63, 3.8) is 0 Å². The molecule has 1 aromatic carbocycles. The predicted octanol–water partition coefficient (Wildman–Crippen LogP) is 0.759. The van der Waals surface area contributed by atoms with Crippen molar-refractivity contribution in [3.05, 3.63) is 36.9 Å². The van der Waals surface area contributed by atoms with Gasteiger partial charge in [-0.3, -0.25) is 4.68 Å². The average molecular weight is 317 g/mol. The van der Waals surface area contributed by atoms with Gasteiger partial charge in [0.2, 0.25) is 0 Å². The van der Waals surface area contributed by atoms with Gasteiger partial charge in [0, 0.05) is 13.6 Å². The molecule has 1 aliphatic heterocycles. The van der Waals surface area contributed by atoms with Crippen molar-refractivity contribution in [1.29, 1.82) is 0 Å². The van der Waals surface area contributed by atoms with Crippen LogP contribution in [-0.4, -0.2) is 58.5 Å². The van der Waals surface area contributed by atoms with E-state index in [1.165, 1.54) is 6.33 Å². The molecule has 1 N–H and O–H groups in total. The topological polar surface area (TPSA) is 81.5 Å². The molecule has 0 fully saturated rings. The highest BCUT2D eigenvalue weighted by atomic mass is 16.6. The summed E-state index contributed by atoms with van der Waals surface area (Å²) in [5.41, 5.74) is 0. The van der Waals surface area contributed by atoms with Crippen LogP contribution >= 0.6 is 0 Å². The number of rotatable bonds is 5. The van der Waals surface area contributed by atoms with Gasteiger partial charge >= 0.3 is 6.03 Å². The molecule has 8 nitrogen and oxygen atoms in total. The zero-order valence-electron chi connectivity index (χ0n) is 12.9. The fourth-order valence-corrected chi connectivity index (χ4v) is 2.30. The normalized spacial score (nSPS) is 16.0. The number of carbonyl (C=O) groups excluding carboxylic acids is 1. The Morgan fingerprint density at radius 3 is 3.04 bits per heavy atom. The molecule has 8 heteroatoms. The van der Waals surface area contributed by atoms with Crippen LogP contribution < -0.4 is 14.8 Å². The first-order valence-electron chi connectivity index (χ1n) is 7.42. The molecule has 0 radical (unpaired) electrons. The molecular weight excluding hydrogens is 298 g/mol. The van der Waals surface area contributed by atoms with Crippen molar-refractivity contribution in [2.75, 3.05) is 26.7 Å². The number of fused-ring (bicyclic) bond motifs is 1. The molecule has 0 aliphatic carbocycles. The molecular formula is C15H19N5O3. The summed E-state index contributed by atoms with van der Waals surface area (Å²) in [6.45, 7) is 1.93. The summed E-state index contributed by atoms with van der Waals surface area (Å²) in [6.07, 6.45) is 2.89. The number of urea groups is 1. The molecule has 2 amide bonds. The number of benzene rings is 1. The van der Waals surface area contributed by atoms with Crippen LogP contribution in [0.1, 0.15) is 0 Å². The van der Waals surface area contributed by atoms with Gasteiger partial charge in [0.05, 0.1) is 13.1 Å². The Hall–Kier alpha value is -2.77. The molecule has 0 saturated carbocycles. The van der Waals surface area contributed by atoms with Gasteiger partial charge < -0.3 is 19.7 Å². The summed E-state index contributed by atoms with van der Waals surface area (Å²) in [4.78, 5) is 17.5. The zero-order chi connectivity index (χ0) is 16.1. The first kappa shape index (κ1) is 15.1. The van der Waals surface area contributed by atoms with Crippen LogP contribution in [-0.2, 0) is 6.54 Å². The fourth-order valence-electron chi connectivity index (χ4n) is 2.30. The van der Waals surface area contributed by atoms with Crippen molar-refractivity contribution < 1.29 is 14.3 Å². The zero-order valence-corrected chi connectivity index (χ0v) is 12.9. The van der Waals surface area contributed by atoms with E-state index in [0.717, 1.165) is 5.75 Å². The molecule has 0 spiro atoms. The van der Waals surface area contributed by atoms with Gasteiger partial charge in [0.15, 0.2) is 17.6 Å². The van der Waals surface area contributed by atoms with Crippen LogP contribution in [0.4, 0.5) is 4.79 Å². The van der Waals surface area contributed by atoms with Gasteiger partial charge in [-0.15, -0.1) is 0 Å². The Kier molecular flexibility index (Phi) is 4.60. The molecule has 1 aromatic heterocycles. The number of ether oxygens (including phenoxy) is 2. The van der Waals surface area contributed by atoms with E-state index in [1.54, 1.807) is 23.0 Å². The third-order valence-corrected chi connectivity index (χ3v) is 3.48.